The molecule has 1 spiro atoms. The number of carbonyl (C=O) groups is 2. The summed E-state index contributed by atoms with van der Waals surface area (Å²) in [5.41, 5.74) is 2.25. The Morgan fingerprint density at radius 2 is 2.03 bits per heavy atom. The van der Waals surface area contributed by atoms with Crippen LogP contribution >= 0.6 is 11.6 Å². The average molecular weight is 429 g/mol. The molecule has 1 aliphatic carbocycles. The molecule has 1 atom stereocenters. The van der Waals surface area contributed by atoms with Crippen LogP contribution in [0.5, 0.6) is 0 Å². The molecular formula is C22H25ClN4O3. The number of piperidine rings is 1. The summed E-state index contributed by atoms with van der Waals surface area (Å²) in [7, 11) is 1.79. The van der Waals surface area contributed by atoms with E-state index in [1.165, 1.54) is 0 Å². The summed E-state index contributed by atoms with van der Waals surface area (Å²) in [6.45, 7) is 3.56. The third-order valence-corrected chi connectivity index (χ3v) is 6.72. The zero-order valence-corrected chi connectivity index (χ0v) is 17.9. The van der Waals surface area contributed by atoms with Crippen LogP contribution in [0.3, 0.4) is 0 Å². The van der Waals surface area contributed by atoms with Gasteiger partial charge in [-0.25, -0.2) is 4.63 Å². The maximum atomic E-state index is 12.9. The molecule has 2 aliphatic rings. The van der Waals surface area contributed by atoms with E-state index in [-0.39, 0.29) is 23.1 Å². The minimum Gasteiger partial charge on any atom is -0.339 e. The molecule has 1 saturated heterocycles. The lowest BCUT2D eigenvalue weighted by Gasteiger charge is -2.32. The fourth-order valence-electron chi connectivity index (χ4n) is 4.26. The summed E-state index contributed by atoms with van der Waals surface area (Å²) in [5, 5.41) is 8.24. The Morgan fingerprint density at radius 1 is 1.30 bits per heavy atom. The summed E-state index contributed by atoms with van der Waals surface area (Å²) < 4.78 is 4.71. The monoisotopic (exact) mass is 428 g/mol. The minimum atomic E-state index is -0.0144. The van der Waals surface area contributed by atoms with Crippen LogP contribution in [0.2, 0.25) is 5.02 Å². The molecule has 1 aromatic carbocycles. The van der Waals surface area contributed by atoms with Crippen molar-refractivity contribution in [3.63, 3.8) is 0 Å². The van der Waals surface area contributed by atoms with Gasteiger partial charge in [-0.15, -0.1) is 0 Å². The van der Waals surface area contributed by atoms with Gasteiger partial charge in [0, 0.05) is 37.2 Å². The summed E-state index contributed by atoms with van der Waals surface area (Å²) >= 11 is 6.14. The molecule has 2 heterocycles. The number of benzene rings is 1. The molecule has 1 saturated carbocycles. The Balaban J connectivity index is 1.29. The number of hydrogen-bond donors (Lipinski definition) is 0. The van der Waals surface area contributed by atoms with Gasteiger partial charge in [-0.05, 0) is 49.3 Å². The topological polar surface area (TPSA) is 79.5 Å². The number of halogens is 1. The number of rotatable bonds is 5. The molecule has 7 nitrogen and oxygen atoms in total. The number of aryl methyl sites for hydroxylation is 1. The highest BCUT2D eigenvalue weighted by Crippen LogP contribution is 2.60. The van der Waals surface area contributed by atoms with Gasteiger partial charge in [0.2, 0.25) is 11.8 Å². The molecule has 4 rings (SSSR count). The second-order valence-electron chi connectivity index (χ2n) is 8.29. The highest BCUT2D eigenvalue weighted by atomic mass is 35.5. The van der Waals surface area contributed by atoms with E-state index in [2.05, 4.69) is 10.3 Å². The van der Waals surface area contributed by atoms with Crippen LogP contribution in [0, 0.1) is 18.3 Å². The minimum absolute atomic E-state index is 0.0144. The normalized spacial score (nSPS) is 20.0. The van der Waals surface area contributed by atoms with Crippen molar-refractivity contribution in [2.45, 2.75) is 32.7 Å². The largest absolute Gasteiger partial charge is 0.339 e. The zero-order valence-electron chi connectivity index (χ0n) is 17.2. The number of nitrogens with zero attached hydrogens (tertiary/aromatic N) is 4. The molecule has 1 aromatic heterocycles. The summed E-state index contributed by atoms with van der Waals surface area (Å²) in [4.78, 5) is 29.0. The third-order valence-electron chi connectivity index (χ3n) is 6.38. The average Bonchev–Trinajstić information content (AvgIpc) is 3.29. The van der Waals surface area contributed by atoms with E-state index >= 15 is 0 Å². The van der Waals surface area contributed by atoms with E-state index in [1.54, 1.807) is 30.2 Å². The summed E-state index contributed by atoms with van der Waals surface area (Å²) in [5.74, 6) is 0.147. The van der Waals surface area contributed by atoms with Gasteiger partial charge >= 0.3 is 0 Å². The van der Waals surface area contributed by atoms with E-state index in [1.807, 2.05) is 30.0 Å². The van der Waals surface area contributed by atoms with Crippen molar-refractivity contribution in [3.05, 3.63) is 52.3 Å². The maximum absolute atomic E-state index is 12.9. The van der Waals surface area contributed by atoms with Gasteiger partial charge in [0.05, 0.1) is 6.54 Å². The number of hydrogen-bond acceptors (Lipinski definition) is 5. The van der Waals surface area contributed by atoms with Gasteiger partial charge in [0.1, 0.15) is 11.4 Å². The fraction of sp³-hybridized carbons (Fsp3) is 0.455. The van der Waals surface area contributed by atoms with Gasteiger partial charge < -0.3 is 9.80 Å². The van der Waals surface area contributed by atoms with E-state index < -0.39 is 0 Å². The van der Waals surface area contributed by atoms with Crippen LogP contribution in [-0.4, -0.2) is 52.1 Å². The van der Waals surface area contributed by atoms with Crippen LogP contribution in [0.1, 0.15) is 36.2 Å². The SMILES string of the molecule is Cc1nonc1CN(C)C(=O)[C@@H]1CC12CCN(C(=O)/C=C/c1ccccc1Cl)CC2. The molecule has 2 amide bonds. The molecule has 0 bridgehead atoms. The van der Waals surface area contributed by atoms with Gasteiger partial charge in [-0.2, -0.15) is 0 Å². The quantitative estimate of drug-likeness (QED) is 0.682. The first-order valence-corrected chi connectivity index (χ1v) is 10.5. The van der Waals surface area contributed by atoms with Gasteiger partial charge in [-0.3, -0.25) is 9.59 Å². The van der Waals surface area contributed by atoms with Crippen molar-refractivity contribution < 1.29 is 14.2 Å². The Bertz CT molecular complexity index is 978. The number of aromatic nitrogens is 2. The standard InChI is InChI=1S/C22H25ClN4O3/c1-15-19(25-30-24-15)14-26(2)21(29)17-13-22(17)9-11-27(12-10-22)20(28)8-7-16-5-3-4-6-18(16)23/h3-8,17H,9-14H2,1-2H3/b8-7+/t17-/m0/s1. The predicted molar refractivity (Wildman–Crippen MR) is 112 cm³/mol. The van der Waals surface area contributed by atoms with Crippen molar-refractivity contribution in [1.82, 2.24) is 20.1 Å². The molecule has 0 N–H and O–H groups in total. The van der Waals surface area contributed by atoms with Gasteiger partial charge in [0.15, 0.2) is 0 Å². The molecular weight excluding hydrogens is 404 g/mol. The highest BCUT2D eigenvalue weighted by molar-refractivity contribution is 6.32. The number of likely N-dealkylation sites (tertiary alicyclic amines) is 1. The fourth-order valence-corrected chi connectivity index (χ4v) is 4.46. The Hall–Kier alpha value is -2.67. The van der Waals surface area contributed by atoms with E-state index in [0.717, 1.165) is 24.8 Å². The van der Waals surface area contributed by atoms with Crippen molar-refractivity contribution in [3.8, 4) is 0 Å². The molecule has 1 aliphatic heterocycles. The van der Waals surface area contributed by atoms with Crippen molar-refractivity contribution >= 4 is 29.5 Å². The van der Waals surface area contributed by atoms with Crippen molar-refractivity contribution in [2.24, 2.45) is 11.3 Å². The molecule has 2 aromatic rings. The first-order chi connectivity index (χ1) is 14.4. The Kier molecular flexibility index (Phi) is 5.64. The first-order valence-electron chi connectivity index (χ1n) is 10.1. The molecule has 158 valence electrons. The highest BCUT2D eigenvalue weighted by Gasteiger charge is 2.59. The van der Waals surface area contributed by atoms with Crippen molar-refractivity contribution in [1.29, 1.82) is 0 Å². The second kappa shape index (κ2) is 8.22. The maximum Gasteiger partial charge on any atom is 0.246 e. The van der Waals surface area contributed by atoms with Gasteiger partial charge in [-0.1, -0.05) is 40.1 Å². The van der Waals surface area contributed by atoms with Crippen LogP contribution in [-0.2, 0) is 16.1 Å². The number of amides is 2. The Labute approximate surface area is 180 Å². The Morgan fingerprint density at radius 3 is 2.70 bits per heavy atom. The van der Waals surface area contributed by atoms with Crippen molar-refractivity contribution in [2.75, 3.05) is 20.1 Å². The second-order valence-corrected chi connectivity index (χ2v) is 8.70. The van der Waals surface area contributed by atoms with Crippen LogP contribution in [0.25, 0.3) is 6.08 Å². The predicted octanol–water partition coefficient (Wildman–Crippen LogP) is 3.33. The van der Waals surface area contributed by atoms with Crippen LogP contribution < -0.4 is 0 Å². The van der Waals surface area contributed by atoms with E-state index in [4.69, 9.17) is 16.2 Å². The first kappa shape index (κ1) is 20.6. The number of carbonyl (C=O) groups excluding carboxylic acids is 2. The lowest BCUT2D eigenvalue weighted by molar-refractivity contribution is -0.133. The smallest absolute Gasteiger partial charge is 0.246 e. The molecule has 30 heavy (non-hydrogen) atoms. The molecule has 2 fully saturated rings. The third kappa shape index (κ3) is 4.12. The van der Waals surface area contributed by atoms with Crippen LogP contribution in [0.4, 0.5) is 0 Å². The van der Waals surface area contributed by atoms with Gasteiger partial charge in [0.25, 0.3) is 0 Å². The van der Waals surface area contributed by atoms with E-state index in [0.29, 0.717) is 36.0 Å². The molecule has 0 radical (unpaired) electrons. The summed E-state index contributed by atoms with van der Waals surface area (Å²) in [6.07, 6.45) is 5.94. The molecule has 0 unspecified atom stereocenters. The van der Waals surface area contributed by atoms with E-state index in [9.17, 15) is 9.59 Å². The molecule has 8 heteroatoms. The lowest BCUT2D eigenvalue weighted by atomic mass is 9.90. The lowest BCUT2D eigenvalue weighted by Crippen LogP contribution is -2.40. The zero-order chi connectivity index (χ0) is 21.3. The summed E-state index contributed by atoms with van der Waals surface area (Å²) in [6, 6.07) is 7.44. The van der Waals surface area contributed by atoms with Crippen LogP contribution in [0.15, 0.2) is 35.0 Å².